The van der Waals surface area contributed by atoms with Crippen LogP contribution in [-0.4, -0.2) is 15.9 Å². The summed E-state index contributed by atoms with van der Waals surface area (Å²) in [6.07, 6.45) is 5.74. The smallest absolute Gasteiger partial charge is 0.230 e. The van der Waals surface area contributed by atoms with Crippen molar-refractivity contribution in [2.45, 2.75) is 12.8 Å². The van der Waals surface area contributed by atoms with Gasteiger partial charge in [0.05, 0.1) is 11.0 Å². The molecule has 1 aliphatic carbocycles. The number of rotatable bonds is 2. The zero-order valence-electron chi connectivity index (χ0n) is 9.31. The Balaban J connectivity index is 1.78. The van der Waals surface area contributed by atoms with Crippen LogP contribution in [0.25, 0.3) is 11.0 Å². The van der Waals surface area contributed by atoms with Crippen LogP contribution < -0.4 is 5.32 Å². The number of allylic oxidation sites excluding steroid dienone is 2. The molecule has 0 fully saturated rings. The minimum absolute atomic E-state index is 0.0362. The molecule has 0 atom stereocenters. The van der Waals surface area contributed by atoms with E-state index in [1.807, 2.05) is 36.4 Å². The Hall–Kier alpha value is -2.10. The molecule has 0 aliphatic heterocycles. The summed E-state index contributed by atoms with van der Waals surface area (Å²) in [5, 5.41) is 2.83. The zero-order chi connectivity index (χ0) is 11.7. The molecule has 4 heteroatoms. The fraction of sp³-hybridized carbons (Fsp3) is 0.231. The lowest BCUT2D eigenvalue weighted by Gasteiger charge is -2.07. The van der Waals surface area contributed by atoms with Gasteiger partial charge in [-0.1, -0.05) is 24.3 Å². The first-order chi connectivity index (χ1) is 8.33. The van der Waals surface area contributed by atoms with Gasteiger partial charge in [-0.15, -0.1) is 0 Å². The number of nitrogens with zero attached hydrogens (tertiary/aromatic N) is 1. The topological polar surface area (TPSA) is 57.8 Å². The Kier molecular flexibility index (Phi) is 2.40. The Labute approximate surface area is 98.7 Å². The van der Waals surface area contributed by atoms with Gasteiger partial charge in [0.2, 0.25) is 11.9 Å². The highest BCUT2D eigenvalue weighted by Gasteiger charge is 2.19. The first kappa shape index (κ1) is 10.1. The second-order valence-corrected chi connectivity index (χ2v) is 4.23. The van der Waals surface area contributed by atoms with Gasteiger partial charge in [0.15, 0.2) is 0 Å². The van der Waals surface area contributed by atoms with Crippen LogP contribution in [0.1, 0.15) is 12.8 Å². The van der Waals surface area contributed by atoms with Gasteiger partial charge < -0.3 is 4.98 Å². The normalized spacial score (nSPS) is 15.5. The predicted octanol–water partition coefficient (Wildman–Crippen LogP) is 2.47. The van der Waals surface area contributed by atoms with Crippen molar-refractivity contribution < 1.29 is 4.79 Å². The lowest BCUT2D eigenvalue weighted by atomic mass is 10.1. The van der Waals surface area contributed by atoms with E-state index >= 15 is 0 Å². The van der Waals surface area contributed by atoms with E-state index in [-0.39, 0.29) is 11.8 Å². The van der Waals surface area contributed by atoms with E-state index in [9.17, 15) is 4.79 Å². The number of nitrogens with one attached hydrogen (secondary N) is 2. The highest BCUT2D eigenvalue weighted by atomic mass is 16.2. The minimum Gasteiger partial charge on any atom is -0.324 e. The number of hydrogen-bond acceptors (Lipinski definition) is 2. The maximum Gasteiger partial charge on any atom is 0.230 e. The second-order valence-electron chi connectivity index (χ2n) is 4.23. The molecule has 2 aromatic rings. The van der Waals surface area contributed by atoms with Gasteiger partial charge in [0, 0.05) is 5.92 Å². The quantitative estimate of drug-likeness (QED) is 0.774. The Bertz CT molecular complexity index is 544. The number of carbonyl (C=O) groups excluding carboxylic acids is 1. The molecular formula is C13H13N3O. The summed E-state index contributed by atoms with van der Waals surface area (Å²) < 4.78 is 0. The third kappa shape index (κ3) is 1.93. The highest BCUT2D eigenvalue weighted by molar-refractivity contribution is 5.93. The van der Waals surface area contributed by atoms with Gasteiger partial charge in [-0.05, 0) is 25.0 Å². The minimum atomic E-state index is 0.0362. The number of aromatic amines is 1. The van der Waals surface area contributed by atoms with E-state index in [0.29, 0.717) is 5.95 Å². The van der Waals surface area contributed by atoms with Crippen molar-refractivity contribution >= 4 is 22.9 Å². The Morgan fingerprint density at radius 3 is 2.82 bits per heavy atom. The number of hydrogen-bond donors (Lipinski definition) is 2. The van der Waals surface area contributed by atoms with Crippen LogP contribution >= 0.6 is 0 Å². The van der Waals surface area contributed by atoms with Gasteiger partial charge in [-0.3, -0.25) is 10.1 Å². The molecule has 0 saturated heterocycles. The summed E-state index contributed by atoms with van der Waals surface area (Å²) in [5.41, 5.74) is 1.81. The molecule has 0 radical (unpaired) electrons. The van der Waals surface area contributed by atoms with Crippen molar-refractivity contribution in [2.24, 2.45) is 5.92 Å². The fourth-order valence-corrected chi connectivity index (χ4v) is 2.06. The number of carbonyl (C=O) groups is 1. The SMILES string of the molecule is O=C(Nc1nc2ccccc2[nH]1)C1CC=CC1. The van der Waals surface area contributed by atoms with Crippen LogP contribution in [0.5, 0.6) is 0 Å². The summed E-state index contributed by atoms with van der Waals surface area (Å²) in [4.78, 5) is 19.3. The summed E-state index contributed by atoms with van der Waals surface area (Å²) >= 11 is 0. The van der Waals surface area contributed by atoms with E-state index in [4.69, 9.17) is 0 Å². The first-order valence-electron chi connectivity index (χ1n) is 5.73. The second kappa shape index (κ2) is 4.05. The molecule has 0 bridgehead atoms. The van der Waals surface area contributed by atoms with Crippen molar-refractivity contribution in [2.75, 3.05) is 5.32 Å². The van der Waals surface area contributed by atoms with Gasteiger partial charge in [0.25, 0.3) is 0 Å². The monoisotopic (exact) mass is 227 g/mol. The van der Waals surface area contributed by atoms with E-state index in [1.165, 1.54) is 0 Å². The van der Waals surface area contributed by atoms with E-state index in [1.54, 1.807) is 0 Å². The van der Waals surface area contributed by atoms with E-state index in [0.717, 1.165) is 23.9 Å². The molecule has 0 saturated carbocycles. The maximum atomic E-state index is 11.9. The number of anilines is 1. The van der Waals surface area contributed by atoms with Crippen LogP contribution in [0, 0.1) is 5.92 Å². The van der Waals surface area contributed by atoms with Crippen LogP contribution in [0.15, 0.2) is 36.4 Å². The summed E-state index contributed by atoms with van der Waals surface area (Å²) in [6.45, 7) is 0. The molecule has 1 amide bonds. The number of aromatic nitrogens is 2. The third-order valence-electron chi connectivity index (χ3n) is 3.01. The standard InChI is InChI=1S/C13H13N3O/c17-12(9-5-1-2-6-9)16-13-14-10-7-3-4-8-11(10)15-13/h1-4,7-9H,5-6H2,(H2,14,15,16,17). The maximum absolute atomic E-state index is 11.9. The molecule has 3 rings (SSSR count). The number of fused-ring (bicyclic) bond motifs is 1. The average molecular weight is 227 g/mol. The van der Waals surface area contributed by atoms with Crippen molar-refractivity contribution in [3.63, 3.8) is 0 Å². The Morgan fingerprint density at radius 1 is 1.29 bits per heavy atom. The van der Waals surface area contributed by atoms with Crippen LogP contribution in [-0.2, 0) is 4.79 Å². The largest absolute Gasteiger partial charge is 0.324 e. The molecular weight excluding hydrogens is 214 g/mol. The first-order valence-corrected chi connectivity index (χ1v) is 5.73. The molecule has 2 N–H and O–H groups in total. The van der Waals surface area contributed by atoms with Gasteiger partial charge in [-0.25, -0.2) is 4.98 Å². The number of H-pyrrole nitrogens is 1. The number of para-hydroxylation sites is 2. The molecule has 1 aromatic carbocycles. The zero-order valence-corrected chi connectivity index (χ0v) is 9.31. The number of amides is 1. The van der Waals surface area contributed by atoms with Crippen molar-refractivity contribution in [3.8, 4) is 0 Å². The lowest BCUT2D eigenvalue weighted by Crippen LogP contribution is -2.21. The van der Waals surface area contributed by atoms with Gasteiger partial charge in [0.1, 0.15) is 0 Å². The van der Waals surface area contributed by atoms with E-state index in [2.05, 4.69) is 15.3 Å². The predicted molar refractivity (Wildman–Crippen MR) is 66.6 cm³/mol. The van der Waals surface area contributed by atoms with Gasteiger partial charge >= 0.3 is 0 Å². The molecule has 17 heavy (non-hydrogen) atoms. The molecule has 0 unspecified atom stereocenters. The highest BCUT2D eigenvalue weighted by Crippen LogP contribution is 2.20. The molecule has 1 heterocycles. The molecule has 86 valence electrons. The lowest BCUT2D eigenvalue weighted by molar-refractivity contribution is -0.119. The van der Waals surface area contributed by atoms with Crippen LogP contribution in [0.3, 0.4) is 0 Å². The van der Waals surface area contributed by atoms with Gasteiger partial charge in [-0.2, -0.15) is 0 Å². The number of imidazole rings is 1. The fourth-order valence-electron chi connectivity index (χ4n) is 2.06. The van der Waals surface area contributed by atoms with Crippen molar-refractivity contribution in [1.82, 2.24) is 9.97 Å². The summed E-state index contributed by atoms with van der Waals surface area (Å²) in [5.74, 6) is 0.625. The Morgan fingerprint density at radius 2 is 2.06 bits per heavy atom. The summed E-state index contributed by atoms with van der Waals surface area (Å²) in [7, 11) is 0. The van der Waals surface area contributed by atoms with Crippen LogP contribution in [0.4, 0.5) is 5.95 Å². The summed E-state index contributed by atoms with van der Waals surface area (Å²) in [6, 6.07) is 7.72. The van der Waals surface area contributed by atoms with Crippen LogP contribution in [0.2, 0.25) is 0 Å². The number of benzene rings is 1. The molecule has 1 aromatic heterocycles. The van der Waals surface area contributed by atoms with E-state index < -0.39 is 0 Å². The molecule has 4 nitrogen and oxygen atoms in total. The molecule has 1 aliphatic rings. The third-order valence-corrected chi connectivity index (χ3v) is 3.01. The van der Waals surface area contributed by atoms with Crippen molar-refractivity contribution in [1.29, 1.82) is 0 Å². The molecule has 0 spiro atoms. The van der Waals surface area contributed by atoms with Crippen molar-refractivity contribution in [3.05, 3.63) is 36.4 Å². The average Bonchev–Trinajstić information content (AvgIpc) is 2.97.